The van der Waals surface area contributed by atoms with Crippen molar-refractivity contribution in [2.75, 3.05) is 26.2 Å². The van der Waals surface area contributed by atoms with E-state index in [1.165, 1.54) is 25.7 Å². The van der Waals surface area contributed by atoms with Crippen LogP contribution in [0.5, 0.6) is 0 Å². The molecule has 0 radical (unpaired) electrons. The summed E-state index contributed by atoms with van der Waals surface area (Å²) in [6.07, 6.45) is 10.3. The number of benzene rings is 1. The molecule has 0 bridgehead atoms. The lowest BCUT2D eigenvalue weighted by Crippen LogP contribution is -2.45. The number of hydrogen-bond acceptors (Lipinski definition) is 2. The van der Waals surface area contributed by atoms with Crippen molar-refractivity contribution in [3.05, 3.63) is 42.0 Å². The molecule has 5 rings (SSSR count). The van der Waals surface area contributed by atoms with E-state index in [1.807, 2.05) is 17.0 Å². The Bertz CT molecular complexity index is 846. The lowest BCUT2D eigenvalue weighted by Gasteiger charge is -2.35. The summed E-state index contributed by atoms with van der Waals surface area (Å²) in [5, 5.41) is 6.70. The van der Waals surface area contributed by atoms with Gasteiger partial charge in [0, 0.05) is 37.9 Å². The number of carbonyl (C=O) groups excluding carboxylic acids is 1. The van der Waals surface area contributed by atoms with Crippen LogP contribution >= 0.6 is 0 Å². The Hall–Kier alpha value is -2.37. The Balaban J connectivity index is 1.20. The van der Waals surface area contributed by atoms with Gasteiger partial charge in [-0.2, -0.15) is 5.10 Å². The predicted octanol–water partition coefficient (Wildman–Crippen LogP) is 4.64. The first-order chi connectivity index (χ1) is 14.2. The highest BCUT2D eigenvalue weighted by atomic mass is 19.1. The normalized spacial score (nSPS) is 25.3. The maximum atomic E-state index is 14.8. The number of aromatic nitrogens is 2. The zero-order valence-corrected chi connectivity index (χ0v) is 16.8. The van der Waals surface area contributed by atoms with Gasteiger partial charge in [0.25, 0.3) is 0 Å². The van der Waals surface area contributed by atoms with Crippen molar-refractivity contribution < 1.29 is 9.18 Å². The first-order valence-corrected chi connectivity index (χ1v) is 11.0. The molecule has 3 aliphatic rings. The molecule has 1 aliphatic carbocycles. The highest BCUT2D eigenvalue weighted by Crippen LogP contribution is 2.37. The van der Waals surface area contributed by atoms with Gasteiger partial charge in [-0.3, -0.25) is 5.10 Å². The number of likely N-dealkylation sites (tertiary alicyclic amines) is 2. The van der Waals surface area contributed by atoms with Crippen molar-refractivity contribution in [1.82, 2.24) is 20.0 Å². The molecule has 1 N–H and O–H groups in total. The molecule has 2 unspecified atom stereocenters. The maximum Gasteiger partial charge on any atom is 0.320 e. The molecule has 5 nitrogen and oxygen atoms in total. The number of halogens is 1. The molecule has 6 heteroatoms. The van der Waals surface area contributed by atoms with E-state index in [0.717, 1.165) is 55.7 Å². The summed E-state index contributed by atoms with van der Waals surface area (Å²) in [7, 11) is 0. The van der Waals surface area contributed by atoms with Crippen LogP contribution < -0.4 is 0 Å². The maximum absolute atomic E-state index is 14.8. The monoisotopic (exact) mass is 396 g/mol. The topological polar surface area (TPSA) is 52.2 Å². The molecule has 1 aromatic carbocycles. The number of amides is 2. The number of nitrogens with one attached hydrogen (secondary N) is 1. The molecule has 2 atom stereocenters. The lowest BCUT2D eigenvalue weighted by molar-refractivity contribution is 0.146. The van der Waals surface area contributed by atoms with Crippen LogP contribution in [0.3, 0.4) is 0 Å². The van der Waals surface area contributed by atoms with Crippen LogP contribution in [0, 0.1) is 17.7 Å². The largest absolute Gasteiger partial charge is 0.325 e. The predicted molar refractivity (Wildman–Crippen MR) is 110 cm³/mol. The molecule has 154 valence electrons. The Morgan fingerprint density at radius 2 is 1.72 bits per heavy atom. The smallest absolute Gasteiger partial charge is 0.320 e. The molecule has 0 spiro atoms. The highest BCUT2D eigenvalue weighted by molar-refractivity contribution is 5.75. The fourth-order valence-electron chi connectivity index (χ4n) is 5.59. The molecule has 2 aromatic rings. The van der Waals surface area contributed by atoms with Gasteiger partial charge in [0.2, 0.25) is 0 Å². The Morgan fingerprint density at radius 3 is 2.34 bits per heavy atom. The van der Waals surface area contributed by atoms with E-state index in [0.29, 0.717) is 11.8 Å². The zero-order chi connectivity index (χ0) is 19.8. The van der Waals surface area contributed by atoms with Gasteiger partial charge in [-0.1, -0.05) is 25.0 Å². The van der Waals surface area contributed by atoms with E-state index in [-0.39, 0.29) is 17.8 Å². The van der Waals surface area contributed by atoms with Gasteiger partial charge in [0.05, 0.1) is 6.20 Å². The van der Waals surface area contributed by atoms with Crippen LogP contribution in [0.15, 0.2) is 30.6 Å². The van der Waals surface area contributed by atoms with Gasteiger partial charge in [0.1, 0.15) is 5.82 Å². The summed E-state index contributed by atoms with van der Waals surface area (Å²) >= 11 is 0. The molecule has 3 fully saturated rings. The van der Waals surface area contributed by atoms with Crippen LogP contribution in [0.4, 0.5) is 9.18 Å². The van der Waals surface area contributed by atoms with E-state index in [2.05, 4.69) is 15.1 Å². The Morgan fingerprint density at radius 1 is 1.00 bits per heavy atom. The summed E-state index contributed by atoms with van der Waals surface area (Å²) in [5.74, 6) is 1.46. The van der Waals surface area contributed by atoms with E-state index >= 15 is 0 Å². The minimum atomic E-state index is -0.155. The minimum Gasteiger partial charge on any atom is -0.325 e. The molecular weight excluding hydrogens is 367 g/mol. The number of aromatic amines is 1. The molecule has 29 heavy (non-hydrogen) atoms. The molecule has 2 aliphatic heterocycles. The van der Waals surface area contributed by atoms with Crippen molar-refractivity contribution in [3.8, 4) is 11.1 Å². The summed E-state index contributed by atoms with van der Waals surface area (Å²) in [6, 6.07) is 5.68. The van der Waals surface area contributed by atoms with Crippen LogP contribution in [-0.4, -0.2) is 52.2 Å². The molecule has 1 aromatic heterocycles. The van der Waals surface area contributed by atoms with E-state index in [9.17, 15) is 9.18 Å². The standard InChI is InChI=1S/C23H29FN4O/c24-22-11-17(20-12-25-26-13-20)5-6-21(22)16-7-9-27(10-8-16)23(29)28-14-18-3-1-2-4-19(18)15-28/h5-6,11-13,16,18-19H,1-4,7-10,14-15H2,(H,25,26). The van der Waals surface area contributed by atoms with E-state index < -0.39 is 0 Å². The van der Waals surface area contributed by atoms with Gasteiger partial charge >= 0.3 is 6.03 Å². The van der Waals surface area contributed by atoms with Crippen molar-refractivity contribution in [2.24, 2.45) is 11.8 Å². The number of fused-ring (bicyclic) bond motifs is 1. The van der Waals surface area contributed by atoms with Gasteiger partial charge in [-0.25, -0.2) is 9.18 Å². The van der Waals surface area contributed by atoms with Crippen LogP contribution in [0.1, 0.15) is 50.0 Å². The number of carbonyl (C=O) groups is 1. The van der Waals surface area contributed by atoms with Crippen molar-refractivity contribution in [2.45, 2.75) is 44.4 Å². The third-order valence-corrected chi connectivity index (χ3v) is 7.28. The van der Waals surface area contributed by atoms with E-state index in [4.69, 9.17) is 0 Å². The zero-order valence-electron chi connectivity index (χ0n) is 16.8. The summed E-state index contributed by atoms with van der Waals surface area (Å²) in [4.78, 5) is 17.1. The summed E-state index contributed by atoms with van der Waals surface area (Å²) in [6.45, 7) is 3.32. The molecule has 2 saturated heterocycles. The third kappa shape index (κ3) is 3.65. The van der Waals surface area contributed by atoms with Crippen molar-refractivity contribution >= 4 is 6.03 Å². The number of rotatable bonds is 2. The second kappa shape index (κ2) is 7.81. The number of H-pyrrole nitrogens is 1. The van der Waals surface area contributed by atoms with Crippen LogP contribution in [0.2, 0.25) is 0 Å². The number of nitrogens with zero attached hydrogens (tertiary/aromatic N) is 3. The quantitative estimate of drug-likeness (QED) is 0.804. The van der Waals surface area contributed by atoms with Gasteiger partial charge < -0.3 is 9.80 Å². The van der Waals surface area contributed by atoms with Crippen LogP contribution in [-0.2, 0) is 0 Å². The number of piperidine rings is 1. The van der Waals surface area contributed by atoms with Gasteiger partial charge in [-0.15, -0.1) is 0 Å². The van der Waals surface area contributed by atoms with Gasteiger partial charge in [-0.05, 0) is 60.6 Å². The Labute approximate surface area is 171 Å². The Kier molecular flexibility index (Phi) is 5.02. The summed E-state index contributed by atoms with van der Waals surface area (Å²) < 4.78 is 14.8. The third-order valence-electron chi connectivity index (χ3n) is 7.28. The molecule has 3 heterocycles. The minimum absolute atomic E-state index is 0.155. The first kappa shape index (κ1) is 18.6. The molecule has 1 saturated carbocycles. The number of urea groups is 1. The molecular formula is C23H29FN4O. The molecule has 2 amide bonds. The second-order valence-electron chi connectivity index (χ2n) is 8.98. The fourth-order valence-corrected chi connectivity index (χ4v) is 5.59. The van der Waals surface area contributed by atoms with Gasteiger partial charge in [0.15, 0.2) is 0 Å². The SMILES string of the molecule is O=C(N1CCC(c2ccc(-c3cn[nH]c3)cc2F)CC1)N1CC2CCCCC2C1. The number of hydrogen-bond donors (Lipinski definition) is 1. The van der Waals surface area contributed by atoms with E-state index in [1.54, 1.807) is 18.5 Å². The van der Waals surface area contributed by atoms with Crippen molar-refractivity contribution in [3.63, 3.8) is 0 Å². The summed E-state index contributed by atoms with van der Waals surface area (Å²) in [5.41, 5.74) is 2.50. The lowest BCUT2D eigenvalue weighted by atomic mass is 9.82. The highest BCUT2D eigenvalue weighted by Gasteiger charge is 2.38. The first-order valence-electron chi connectivity index (χ1n) is 11.0. The average Bonchev–Trinajstić information content (AvgIpc) is 3.43. The van der Waals surface area contributed by atoms with Crippen LogP contribution in [0.25, 0.3) is 11.1 Å². The fraction of sp³-hybridized carbons (Fsp3) is 0.565. The average molecular weight is 397 g/mol. The second-order valence-corrected chi connectivity index (χ2v) is 8.98. The van der Waals surface area contributed by atoms with Crippen molar-refractivity contribution in [1.29, 1.82) is 0 Å².